The number of thiocarbonyl (C=S) groups is 1. The fraction of sp³-hybridized carbons (Fsp3) is 0.364. The predicted molar refractivity (Wildman–Crippen MR) is 64.9 cm³/mol. The third kappa shape index (κ3) is 2.04. The van der Waals surface area contributed by atoms with Crippen LogP contribution in [-0.4, -0.2) is 17.9 Å². The molecule has 0 amide bonds. The highest BCUT2D eigenvalue weighted by atomic mass is 32.1. The Morgan fingerprint density at radius 1 is 1.25 bits per heavy atom. The normalized spacial score (nSPS) is 17.0. The number of anilines is 1. The molecule has 5 heteroatoms. The Hall–Kier alpha value is -1.49. The van der Waals surface area contributed by atoms with Crippen LogP contribution in [0.1, 0.15) is 12.8 Å². The molecule has 16 heavy (non-hydrogen) atoms. The van der Waals surface area contributed by atoms with Crippen molar-refractivity contribution in [3.05, 3.63) is 18.2 Å². The van der Waals surface area contributed by atoms with Crippen molar-refractivity contribution in [2.24, 2.45) is 0 Å². The molecule has 0 unspecified atom stereocenters. The molecule has 0 aromatic heterocycles. The van der Waals surface area contributed by atoms with E-state index < -0.39 is 0 Å². The van der Waals surface area contributed by atoms with E-state index in [9.17, 15) is 0 Å². The number of benzene rings is 1. The van der Waals surface area contributed by atoms with Gasteiger partial charge in [-0.2, -0.15) is 0 Å². The zero-order valence-electron chi connectivity index (χ0n) is 8.66. The third-order valence-corrected chi connectivity index (χ3v) is 2.76. The van der Waals surface area contributed by atoms with Crippen LogP contribution in [0.25, 0.3) is 0 Å². The van der Waals surface area contributed by atoms with Gasteiger partial charge in [-0.05, 0) is 37.2 Å². The smallest absolute Gasteiger partial charge is 0.231 e. The van der Waals surface area contributed by atoms with E-state index in [0.717, 1.165) is 17.2 Å². The van der Waals surface area contributed by atoms with E-state index >= 15 is 0 Å². The molecule has 1 aliphatic heterocycles. The summed E-state index contributed by atoms with van der Waals surface area (Å²) in [4.78, 5) is 0. The molecule has 1 saturated carbocycles. The van der Waals surface area contributed by atoms with E-state index in [4.69, 9.17) is 21.7 Å². The van der Waals surface area contributed by atoms with Crippen LogP contribution in [0.15, 0.2) is 18.2 Å². The summed E-state index contributed by atoms with van der Waals surface area (Å²) in [6.45, 7) is 0.295. The van der Waals surface area contributed by atoms with E-state index in [1.807, 2.05) is 18.2 Å². The molecule has 0 radical (unpaired) electrons. The Bertz CT molecular complexity index is 432. The largest absolute Gasteiger partial charge is 0.454 e. The molecule has 0 spiro atoms. The number of hydrogen-bond donors (Lipinski definition) is 2. The van der Waals surface area contributed by atoms with Crippen LogP contribution >= 0.6 is 12.2 Å². The van der Waals surface area contributed by atoms with Gasteiger partial charge in [-0.3, -0.25) is 0 Å². The lowest BCUT2D eigenvalue weighted by Gasteiger charge is -2.09. The Balaban J connectivity index is 1.67. The first-order chi connectivity index (χ1) is 7.81. The average molecular weight is 236 g/mol. The molecule has 2 N–H and O–H groups in total. The number of hydrogen-bond acceptors (Lipinski definition) is 3. The lowest BCUT2D eigenvalue weighted by molar-refractivity contribution is 0.174. The fourth-order valence-corrected chi connectivity index (χ4v) is 1.84. The second-order valence-corrected chi connectivity index (χ2v) is 4.35. The maximum Gasteiger partial charge on any atom is 0.231 e. The number of nitrogens with one attached hydrogen (secondary N) is 2. The third-order valence-electron chi connectivity index (χ3n) is 2.54. The van der Waals surface area contributed by atoms with Gasteiger partial charge in [0.05, 0.1) is 0 Å². The minimum atomic E-state index is 0.295. The average Bonchev–Trinajstić information content (AvgIpc) is 2.95. The zero-order valence-corrected chi connectivity index (χ0v) is 9.47. The van der Waals surface area contributed by atoms with Crippen LogP contribution in [-0.2, 0) is 0 Å². The van der Waals surface area contributed by atoms with Crippen molar-refractivity contribution >= 4 is 23.0 Å². The first kappa shape index (κ1) is 9.72. The van der Waals surface area contributed by atoms with Crippen molar-refractivity contribution in [2.75, 3.05) is 12.1 Å². The molecular weight excluding hydrogens is 224 g/mol. The minimum Gasteiger partial charge on any atom is -0.454 e. The Morgan fingerprint density at radius 3 is 2.88 bits per heavy atom. The molecule has 1 aliphatic carbocycles. The number of rotatable bonds is 2. The zero-order chi connectivity index (χ0) is 11.0. The molecule has 1 aromatic rings. The SMILES string of the molecule is S=C(Nc1ccc2c(c1)OCO2)NC1CC1. The molecule has 84 valence electrons. The molecule has 1 aromatic carbocycles. The summed E-state index contributed by atoms with van der Waals surface area (Å²) in [5.41, 5.74) is 0.919. The summed E-state index contributed by atoms with van der Waals surface area (Å²) in [5.74, 6) is 1.55. The molecule has 1 fully saturated rings. The lowest BCUT2D eigenvalue weighted by Crippen LogP contribution is -2.30. The second kappa shape index (κ2) is 3.83. The van der Waals surface area contributed by atoms with Gasteiger partial charge in [0, 0.05) is 17.8 Å². The highest BCUT2D eigenvalue weighted by Crippen LogP contribution is 2.34. The first-order valence-electron chi connectivity index (χ1n) is 5.28. The molecule has 2 aliphatic rings. The van der Waals surface area contributed by atoms with Crippen LogP contribution in [0.3, 0.4) is 0 Å². The van der Waals surface area contributed by atoms with Crippen molar-refractivity contribution in [2.45, 2.75) is 18.9 Å². The summed E-state index contributed by atoms with van der Waals surface area (Å²) in [6.07, 6.45) is 2.42. The molecular formula is C11H12N2O2S. The maximum atomic E-state index is 5.29. The van der Waals surface area contributed by atoms with Crippen LogP contribution in [0, 0.1) is 0 Å². The van der Waals surface area contributed by atoms with Crippen LogP contribution in [0.4, 0.5) is 5.69 Å². The van der Waals surface area contributed by atoms with Gasteiger partial charge in [0.25, 0.3) is 0 Å². The molecule has 3 rings (SSSR count). The van der Waals surface area contributed by atoms with Gasteiger partial charge in [-0.1, -0.05) is 0 Å². The van der Waals surface area contributed by atoms with Gasteiger partial charge in [0.1, 0.15) is 0 Å². The topological polar surface area (TPSA) is 42.5 Å². The predicted octanol–water partition coefficient (Wildman–Crippen LogP) is 1.86. The molecule has 0 saturated heterocycles. The summed E-state index contributed by atoms with van der Waals surface area (Å²) >= 11 is 5.19. The summed E-state index contributed by atoms with van der Waals surface area (Å²) < 4.78 is 10.5. The quantitative estimate of drug-likeness (QED) is 0.767. The van der Waals surface area contributed by atoms with Crippen LogP contribution < -0.4 is 20.1 Å². The molecule has 1 heterocycles. The summed E-state index contributed by atoms with van der Waals surface area (Å²) in [7, 11) is 0. The highest BCUT2D eigenvalue weighted by Gasteiger charge is 2.22. The Morgan fingerprint density at radius 2 is 2.06 bits per heavy atom. The first-order valence-corrected chi connectivity index (χ1v) is 5.69. The van der Waals surface area contributed by atoms with E-state index in [1.165, 1.54) is 12.8 Å². The fourth-order valence-electron chi connectivity index (χ4n) is 1.55. The lowest BCUT2D eigenvalue weighted by atomic mass is 10.3. The Kier molecular flexibility index (Phi) is 2.32. The van der Waals surface area contributed by atoms with Crippen molar-refractivity contribution in [1.29, 1.82) is 0 Å². The highest BCUT2D eigenvalue weighted by molar-refractivity contribution is 7.80. The number of ether oxygens (including phenoxy) is 2. The van der Waals surface area contributed by atoms with Gasteiger partial charge < -0.3 is 20.1 Å². The molecule has 4 nitrogen and oxygen atoms in total. The van der Waals surface area contributed by atoms with Gasteiger partial charge in [0.2, 0.25) is 6.79 Å². The van der Waals surface area contributed by atoms with Crippen molar-refractivity contribution in [3.8, 4) is 11.5 Å². The van der Waals surface area contributed by atoms with Crippen LogP contribution in [0.2, 0.25) is 0 Å². The van der Waals surface area contributed by atoms with Crippen molar-refractivity contribution in [1.82, 2.24) is 5.32 Å². The number of fused-ring (bicyclic) bond motifs is 1. The van der Waals surface area contributed by atoms with Gasteiger partial charge >= 0.3 is 0 Å². The van der Waals surface area contributed by atoms with E-state index in [2.05, 4.69) is 10.6 Å². The van der Waals surface area contributed by atoms with Crippen LogP contribution in [0.5, 0.6) is 11.5 Å². The summed E-state index contributed by atoms with van der Waals surface area (Å²) in [5, 5.41) is 7.01. The Labute approximate surface area is 98.9 Å². The maximum absolute atomic E-state index is 5.29. The standard InChI is InChI=1S/C11H12N2O2S/c16-11(12-7-1-2-7)13-8-3-4-9-10(5-8)15-6-14-9/h3-5,7H,1-2,6H2,(H2,12,13,16). The van der Waals surface area contributed by atoms with Gasteiger partial charge in [0.15, 0.2) is 16.6 Å². The molecule has 0 bridgehead atoms. The van der Waals surface area contributed by atoms with Crippen molar-refractivity contribution in [3.63, 3.8) is 0 Å². The van der Waals surface area contributed by atoms with E-state index in [-0.39, 0.29) is 0 Å². The monoisotopic (exact) mass is 236 g/mol. The van der Waals surface area contributed by atoms with Crippen molar-refractivity contribution < 1.29 is 9.47 Å². The van der Waals surface area contributed by atoms with Gasteiger partial charge in [-0.25, -0.2) is 0 Å². The van der Waals surface area contributed by atoms with E-state index in [0.29, 0.717) is 17.9 Å². The minimum absolute atomic E-state index is 0.295. The van der Waals surface area contributed by atoms with E-state index in [1.54, 1.807) is 0 Å². The molecule has 0 atom stereocenters. The summed E-state index contributed by atoms with van der Waals surface area (Å²) in [6, 6.07) is 6.26. The second-order valence-electron chi connectivity index (χ2n) is 3.94. The van der Waals surface area contributed by atoms with Gasteiger partial charge in [-0.15, -0.1) is 0 Å².